The summed E-state index contributed by atoms with van der Waals surface area (Å²) in [6.07, 6.45) is 6.69. The van der Waals surface area contributed by atoms with Gasteiger partial charge >= 0.3 is 0 Å². The molecule has 3 aliphatic carbocycles. The van der Waals surface area contributed by atoms with Gasteiger partial charge in [-0.2, -0.15) is 0 Å². The lowest BCUT2D eigenvalue weighted by molar-refractivity contribution is -0.123. The molecule has 0 spiro atoms. The summed E-state index contributed by atoms with van der Waals surface area (Å²) in [4.78, 5) is 12.9. The number of hydrogen-bond acceptors (Lipinski definition) is 1. The Morgan fingerprint density at radius 1 is 1.35 bits per heavy atom. The molecule has 2 N–H and O–H groups in total. The Hall–Kier alpha value is -1.61. The van der Waals surface area contributed by atoms with Crippen molar-refractivity contribution in [3.8, 4) is 0 Å². The van der Waals surface area contributed by atoms with Gasteiger partial charge in [0.1, 0.15) is 0 Å². The van der Waals surface area contributed by atoms with Gasteiger partial charge in [-0.1, -0.05) is 53.7 Å². The van der Waals surface area contributed by atoms with Gasteiger partial charge in [0, 0.05) is 0 Å². The van der Waals surface area contributed by atoms with Crippen molar-refractivity contribution in [1.82, 2.24) is 0 Å². The van der Waals surface area contributed by atoms with Crippen molar-refractivity contribution in [2.24, 2.45) is 11.7 Å². The molecule has 2 bridgehead atoms. The van der Waals surface area contributed by atoms with Gasteiger partial charge in [0.15, 0.2) is 0 Å². The fraction of sp³-hybridized carbons (Fsp3) is 0.450. The van der Waals surface area contributed by atoms with E-state index in [2.05, 4.69) is 44.3 Å². The summed E-state index contributed by atoms with van der Waals surface area (Å²) in [5, 5.41) is 1.47. The van der Waals surface area contributed by atoms with E-state index in [0.29, 0.717) is 5.92 Å². The van der Waals surface area contributed by atoms with Gasteiger partial charge in [0.2, 0.25) is 5.91 Å². The maximum Gasteiger partial charge on any atom is 0.232 e. The summed E-state index contributed by atoms with van der Waals surface area (Å²) in [6, 6.07) is 6.51. The fourth-order valence-electron chi connectivity index (χ4n) is 5.54. The van der Waals surface area contributed by atoms with Crippen molar-refractivity contribution in [2.45, 2.75) is 51.1 Å². The standard InChI is InChI=1S/C20H25NOSi/c1-12-9-13-5-4-6-17(16(13)10-12)20(19(21)22)15-8-7-14(11-15)18(20)23(2)3/h4-6,10,15,23H,7-9,11H2,1-3H3,(H2,21,22). The number of fused-ring (bicyclic) bond motifs is 3. The Bertz CT molecular complexity index is 774. The molecule has 2 nitrogen and oxygen atoms in total. The third-order valence-electron chi connectivity index (χ3n) is 6.15. The lowest BCUT2D eigenvalue weighted by Gasteiger charge is -2.40. The fourth-order valence-corrected chi connectivity index (χ4v) is 8.06. The van der Waals surface area contributed by atoms with Crippen LogP contribution in [0.3, 0.4) is 0 Å². The molecule has 1 aromatic carbocycles. The first-order valence-corrected chi connectivity index (χ1v) is 11.7. The minimum Gasteiger partial charge on any atom is -0.369 e. The highest BCUT2D eigenvalue weighted by Gasteiger charge is 2.57. The number of primary amides is 1. The maximum absolute atomic E-state index is 12.9. The Morgan fingerprint density at radius 3 is 2.83 bits per heavy atom. The molecular weight excluding hydrogens is 298 g/mol. The van der Waals surface area contributed by atoms with E-state index in [1.807, 2.05) is 0 Å². The molecule has 1 amide bonds. The van der Waals surface area contributed by atoms with Crippen LogP contribution in [-0.2, 0) is 16.6 Å². The van der Waals surface area contributed by atoms with Crippen molar-refractivity contribution in [3.63, 3.8) is 0 Å². The number of rotatable bonds is 3. The summed E-state index contributed by atoms with van der Waals surface area (Å²) < 4.78 is 0. The van der Waals surface area contributed by atoms with Crippen molar-refractivity contribution in [1.29, 1.82) is 0 Å². The predicted octanol–water partition coefficient (Wildman–Crippen LogP) is 3.51. The lowest BCUT2D eigenvalue weighted by Crippen LogP contribution is -2.50. The average molecular weight is 324 g/mol. The highest BCUT2D eigenvalue weighted by molar-refractivity contribution is 6.65. The molecule has 120 valence electrons. The van der Waals surface area contributed by atoms with Crippen LogP contribution in [0, 0.1) is 5.92 Å². The second-order valence-corrected chi connectivity index (χ2v) is 10.7. The average Bonchev–Trinajstić information content (AvgIpc) is 3.16. The van der Waals surface area contributed by atoms with Crippen molar-refractivity contribution >= 4 is 20.8 Å². The van der Waals surface area contributed by atoms with Crippen LogP contribution in [-0.4, -0.2) is 14.7 Å². The van der Waals surface area contributed by atoms with Gasteiger partial charge in [-0.3, -0.25) is 4.79 Å². The predicted molar refractivity (Wildman–Crippen MR) is 97.9 cm³/mol. The van der Waals surface area contributed by atoms with Gasteiger partial charge < -0.3 is 5.73 Å². The molecule has 2 unspecified atom stereocenters. The topological polar surface area (TPSA) is 43.1 Å². The van der Waals surface area contributed by atoms with E-state index in [1.54, 1.807) is 5.57 Å². The van der Waals surface area contributed by atoms with Crippen LogP contribution in [0.1, 0.15) is 42.9 Å². The van der Waals surface area contributed by atoms with Crippen molar-refractivity contribution < 1.29 is 4.79 Å². The first kappa shape index (κ1) is 14.9. The summed E-state index contributed by atoms with van der Waals surface area (Å²) in [6.45, 7) is 6.88. The zero-order valence-corrected chi connectivity index (χ0v) is 15.4. The molecule has 0 aliphatic heterocycles. The first-order valence-electron chi connectivity index (χ1n) is 8.78. The van der Waals surface area contributed by atoms with E-state index in [4.69, 9.17) is 5.73 Å². The lowest BCUT2D eigenvalue weighted by atomic mass is 9.68. The molecule has 1 fully saturated rings. The quantitative estimate of drug-likeness (QED) is 0.850. The van der Waals surface area contributed by atoms with Crippen LogP contribution in [0.5, 0.6) is 0 Å². The minimum absolute atomic E-state index is 0.111. The minimum atomic E-state index is -1.10. The molecule has 2 atom stereocenters. The van der Waals surface area contributed by atoms with E-state index in [0.717, 1.165) is 19.3 Å². The second kappa shape index (κ2) is 4.94. The summed E-state index contributed by atoms with van der Waals surface area (Å²) in [7, 11) is -1.10. The van der Waals surface area contributed by atoms with Crippen LogP contribution >= 0.6 is 0 Å². The van der Waals surface area contributed by atoms with Crippen LogP contribution in [0.4, 0.5) is 0 Å². The Kier molecular flexibility index (Phi) is 3.21. The first-order chi connectivity index (χ1) is 11.0. The van der Waals surface area contributed by atoms with Crippen LogP contribution in [0.15, 0.2) is 34.5 Å². The Labute approximate surface area is 140 Å². The second-order valence-electron chi connectivity index (χ2n) is 7.83. The van der Waals surface area contributed by atoms with Crippen LogP contribution in [0.2, 0.25) is 13.1 Å². The Balaban J connectivity index is 2.02. The maximum atomic E-state index is 12.9. The number of nitrogens with two attached hydrogens (primary N) is 1. The zero-order valence-electron chi connectivity index (χ0n) is 14.3. The van der Waals surface area contributed by atoms with Gasteiger partial charge in [-0.15, -0.1) is 0 Å². The number of hydrogen-bond donors (Lipinski definition) is 1. The Morgan fingerprint density at radius 2 is 2.13 bits per heavy atom. The van der Waals surface area contributed by atoms with Crippen molar-refractivity contribution in [2.75, 3.05) is 0 Å². The largest absolute Gasteiger partial charge is 0.369 e. The third-order valence-corrected chi connectivity index (χ3v) is 8.17. The number of carbonyl (C=O) groups excluding carboxylic acids is 1. The number of allylic oxidation sites excluding steroid dienone is 2. The van der Waals surface area contributed by atoms with Crippen molar-refractivity contribution in [3.05, 3.63) is 51.2 Å². The van der Waals surface area contributed by atoms with E-state index in [-0.39, 0.29) is 5.91 Å². The molecule has 0 aromatic heterocycles. The van der Waals surface area contributed by atoms with Crippen LogP contribution < -0.4 is 5.73 Å². The van der Waals surface area contributed by atoms with Gasteiger partial charge in [-0.05, 0) is 55.2 Å². The molecule has 0 radical (unpaired) electrons. The molecule has 3 heteroatoms. The molecule has 3 aliphatic rings. The monoisotopic (exact) mass is 323 g/mol. The molecule has 1 saturated carbocycles. The molecule has 23 heavy (non-hydrogen) atoms. The summed E-state index contributed by atoms with van der Waals surface area (Å²) >= 11 is 0. The smallest absolute Gasteiger partial charge is 0.232 e. The van der Waals surface area contributed by atoms with E-state index in [1.165, 1.54) is 33.9 Å². The zero-order chi connectivity index (χ0) is 16.4. The molecule has 0 heterocycles. The summed E-state index contributed by atoms with van der Waals surface area (Å²) in [5.41, 5.74) is 12.4. The van der Waals surface area contributed by atoms with Crippen LogP contribution in [0.25, 0.3) is 6.08 Å². The SMILES string of the molecule is CC1=Cc2c(cccc2C2(C(N)=O)C([SiH](C)C)=C3CCC2C3)C1. The number of amides is 1. The number of carbonyl (C=O) groups is 1. The number of benzene rings is 1. The van der Waals surface area contributed by atoms with E-state index in [9.17, 15) is 4.79 Å². The van der Waals surface area contributed by atoms with Gasteiger partial charge in [0.05, 0.1) is 14.2 Å². The molecule has 0 saturated heterocycles. The van der Waals surface area contributed by atoms with Gasteiger partial charge in [0.25, 0.3) is 0 Å². The van der Waals surface area contributed by atoms with E-state index < -0.39 is 14.2 Å². The molecule has 4 rings (SSSR count). The molecule has 1 aromatic rings. The summed E-state index contributed by atoms with van der Waals surface area (Å²) in [5.74, 6) is 0.278. The highest BCUT2D eigenvalue weighted by atomic mass is 28.3. The van der Waals surface area contributed by atoms with E-state index >= 15 is 0 Å². The molecular formula is C20H25NOSi. The highest BCUT2D eigenvalue weighted by Crippen LogP contribution is 2.58. The normalized spacial score (nSPS) is 28.5. The third kappa shape index (κ3) is 1.83. The van der Waals surface area contributed by atoms with Gasteiger partial charge in [-0.25, -0.2) is 0 Å².